The van der Waals surface area contributed by atoms with E-state index in [0.717, 1.165) is 0 Å². The van der Waals surface area contributed by atoms with Crippen LogP contribution in [0, 0.1) is 5.92 Å². The molecule has 0 aliphatic carbocycles. The molecule has 1 unspecified atom stereocenters. The van der Waals surface area contributed by atoms with Crippen LogP contribution in [0.1, 0.15) is 27.2 Å². The Bertz CT molecular complexity index is 306. The average molecular weight is 222 g/mol. The van der Waals surface area contributed by atoms with E-state index in [1.165, 1.54) is 4.90 Å². The van der Waals surface area contributed by atoms with Crippen LogP contribution in [-0.4, -0.2) is 11.0 Å². The number of carbonyl (C=O) groups is 1. The molecule has 0 heterocycles. The largest absolute Gasteiger partial charge is 0.298 e. The second-order valence-electron chi connectivity index (χ2n) is 4.14. The first kappa shape index (κ1) is 12.3. The van der Waals surface area contributed by atoms with E-state index in [-0.39, 0.29) is 5.25 Å². The van der Waals surface area contributed by atoms with E-state index in [4.69, 9.17) is 0 Å². The Morgan fingerprint density at radius 2 is 1.80 bits per heavy atom. The number of carbonyl (C=O) groups excluding carboxylic acids is 1. The van der Waals surface area contributed by atoms with Gasteiger partial charge in [0.05, 0.1) is 5.25 Å². The molecule has 1 rings (SSSR count). The molecule has 0 spiro atoms. The Labute approximate surface area is 96.3 Å². The predicted molar refractivity (Wildman–Crippen MR) is 66.2 cm³/mol. The summed E-state index contributed by atoms with van der Waals surface area (Å²) >= 11 is 1.64. The predicted octanol–water partition coefficient (Wildman–Crippen LogP) is 3.78. The average Bonchev–Trinajstić information content (AvgIpc) is 2.18. The highest BCUT2D eigenvalue weighted by molar-refractivity contribution is 8.00. The maximum absolute atomic E-state index is 11.7. The Balaban J connectivity index is 2.49. The van der Waals surface area contributed by atoms with Gasteiger partial charge in [-0.1, -0.05) is 32.0 Å². The third-order valence-corrected chi connectivity index (χ3v) is 3.28. The first-order chi connectivity index (χ1) is 7.09. The quantitative estimate of drug-likeness (QED) is 0.705. The SMILES string of the molecule is CC(C)CC(=O)C(C)Sc1ccccc1. The molecular weight excluding hydrogens is 204 g/mol. The van der Waals surface area contributed by atoms with Crippen molar-refractivity contribution in [1.82, 2.24) is 0 Å². The summed E-state index contributed by atoms with van der Waals surface area (Å²) in [6, 6.07) is 10.1. The van der Waals surface area contributed by atoms with Gasteiger partial charge in [-0.15, -0.1) is 11.8 Å². The van der Waals surface area contributed by atoms with Crippen LogP contribution in [0.4, 0.5) is 0 Å². The molecule has 1 aromatic carbocycles. The van der Waals surface area contributed by atoms with Crippen LogP contribution in [0.2, 0.25) is 0 Å². The number of ketones is 1. The fraction of sp³-hybridized carbons (Fsp3) is 0.462. The van der Waals surface area contributed by atoms with Crippen molar-refractivity contribution in [2.24, 2.45) is 5.92 Å². The standard InChI is InChI=1S/C13H18OS/c1-10(2)9-13(14)11(3)15-12-7-5-4-6-8-12/h4-8,10-11H,9H2,1-3H3. The lowest BCUT2D eigenvalue weighted by Gasteiger charge is -2.11. The molecule has 0 radical (unpaired) electrons. The van der Waals surface area contributed by atoms with E-state index in [1.807, 2.05) is 37.3 Å². The topological polar surface area (TPSA) is 17.1 Å². The number of rotatable bonds is 5. The number of thioether (sulfide) groups is 1. The van der Waals surface area contributed by atoms with E-state index in [9.17, 15) is 4.79 Å². The summed E-state index contributed by atoms with van der Waals surface area (Å²) in [5, 5.41) is 0.0646. The minimum Gasteiger partial charge on any atom is -0.298 e. The smallest absolute Gasteiger partial charge is 0.146 e. The highest BCUT2D eigenvalue weighted by atomic mass is 32.2. The highest BCUT2D eigenvalue weighted by Crippen LogP contribution is 2.24. The van der Waals surface area contributed by atoms with Crippen molar-refractivity contribution >= 4 is 17.5 Å². The molecule has 1 nitrogen and oxygen atoms in total. The number of hydrogen-bond donors (Lipinski definition) is 0. The Hall–Kier alpha value is -0.760. The molecule has 82 valence electrons. The number of hydrogen-bond acceptors (Lipinski definition) is 2. The van der Waals surface area contributed by atoms with Crippen LogP contribution in [-0.2, 0) is 4.79 Å². The second kappa shape index (κ2) is 5.96. The molecule has 2 heteroatoms. The summed E-state index contributed by atoms with van der Waals surface area (Å²) < 4.78 is 0. The van der Waals surface area contributed by atoms with Crippen molar-refractivity contribution in [2.45, 2.75) is 37.3 Å². The summed E-state index contributed by atoms with van der Waals surface area (Å²) in [6.45, 7) is 6.15. The van der Waals surface area contributed by atoms with E-state index >= 15 is 0 Å². The second-order valence-corrected chi connectivity index (χ2v) is 5.55. The van der Waals surface area contributed by atoms with Crippen molar-refractivity contribution in [2.75, 3.05) is 0 Å². The lowest BCUT2D eigenvalue weighted by atomic mass is 10.1. The van der Waals surface area contributed by atoms with Crippen molar-refractivity contribution < 1.29 is 4.79 Å². The summed E-state index contributed by atoms with van der Waals surface area (Å²) in [5.41, 5.74) is 0. The summed E-state index contributed by atoms with van der Waals surface area (Å²) in [4.78, 5) is 12.9. The van der Waals surface area contributed by atoms with Crippen molar-refractivity contribution in [3.8, 4) is 0 Å². The molecule has 15 heavy (non-hydrogen) atoms. The Morgan fingerprint density at radius 3 is 2.33 bits per heavy atom. The monoisotopic (exact) mass is 222 g/mol. The molecular formula is C13H18OS. The molecule has 0 aliphatic rings. The van der Waals surface area contributed by atoms with E-state index in [2.05, 4.69) is 13.8 Å². The number of Topliss-reactive ketones (excluding diaryl/α,β-unsaturated/α-hetero) is 1. The van der Waals surface area contributed by atoms with Crippen LogP contribution < -0.4 is 0 Å². The summed E-state index contributed by atoms with van der Waals surface area (Å²) in [6.07, 6.45) is 0.682. The zero-order chi connectivity index (χ0) is 11.3. The molecule has 0 aromatic heterocycles. The molecule has 0 bridgehead atoms. The van der Waals surface area contributed by atoms with Gasteiger partial charge in [-0.25, -0.2) is 0 Å². The van der Waals surface area contributed by atoms with Gasteiger partial charge in [-0.2, -0.15) is 0 Å². The molecule has 0 N–H and O–H groups in total. The van der Waals surface area contributed by atoms with Crippen molar-refractivity contribution in [3.05, 3.63) is 30.3 Å². The first-order valence-corrected chi connectivity index (χ1v) is 6.22. The first-order valence-electron chi connectivity index (χ1n) is 5.34. The third-order valence-electron chi connectivity index (χ3n) is 2.12. The van der Waals surface area contributed by atoms with E-state index < -0.39 is 0 Å². The van der Waals surface area contributed by atoms with E-state index in [0.29, 0.717) is 18.1 Å². The summed E-state index contributed by atoms with van der Waals surface area (Å²) in [7, 11) is 0. The zero-order valence-electron chi connectivity index (χ0n) is 9.57. The van der Waals surface area contributed by atoms with Gasteiger partial charge in [0, 0.05) is 11.3 Å². The zero-order valence-corrected chi connectivity index (χ0v) is 10.4. The van der Waals surface area contributed by atoms with Gasteiger partial charge in [0.25, 0.3) is 0 Å². The maximum Gasteiger partial charge on any atom is 0.146 e. The van der Waals surface area contributed by atoms with Gasteiger partial charge in [0.15, 0.2) is 0 Å². The lowest BCUT2D eigenvalue weighted by molar-refractivity contribution is -0.118. The Morgan fingerprint density at radius 1 is 1.20 bits per heavy atom. The van der Waals surface area contributed by atoms with Crippen molar-refractivity contribution in [1.29, 1.82) is 0 Å². The summed E-state index contributed by atoms with van der Waals surface area (Å²) in [5.74, 6) is 0.801. The lowest BCUT2D eigenvalue weighted by Crippen LogP contribution is -2.15. The van der Waals surface area contributed by atoms with Crippen LogP contribution in [0.5, 0.6) is 0 Å². The minimum absolute atomic E-state index is 0.0646. The fourth-order valence-corrected chi connectivity index (χ4v) is 2.29. The maximum atomic E-state index is 11.7. The van der Waals surface area contributed by atoms with Crippen LogP contribution in [0.15, 0.2) is 35.2 Å². The molecule has 1 aromatic rings. The van der Waals surface area contributed by atoms with Gasteiger partial charge in [-0.05, 0) is 25.0 Å². The highest BCUT2D eigenvalue weighted by Gasteiger charge is 2.15. The molecule has 0 fully saturated rings. The van der Waals surface area contributed by atoms with E-state index in [1.54, 1.807) is 11.8 Å². The van der Waals surface area contributed by atoms with Gasteiger partial charge < -0.3 is 0 Å². The van der Waals surface area contributed by atoms with Gasteiger partial charge in [0.2, 0.25) is 0 Å². The molecule has 0 aliphatic heterocycles. The molecule has 0 amide bonds. The van der Waals surface area contributed by atoms with Gasteiger partial charge in [0.1, 0.15) is 5.78 Å². The van der Waals surface area contributed by atoms with Crippen LogP contribution in [0.25, 0.3) is 0 Å². The minimum atomic E-state index is 0.0646. The van der Waals surface area contributed by atoms with Crippen LogP contribution in [0.3, 0.4) is 0 Å². The normalized spacial score (nSPS) is 12.8. The Kier molecular flexibility index (Phi) is 4.89. The van der Waals surface area contributed by atoms with Crippen LogP contribution >= 0.6 is 11.8 Å². The number of benzene rings is 1. The molecule has 0 saturated carbocycles. The fourth-order valence-electron chi connectivity index (χ4n) is 1.34. The third kappa shape index (κ3) is 4.52. The van der Waals surface area contributed by atoms with Gasteiger partial charge >= 0.3 is 0 Å². The molecule has 1 atom stereocenters. The van der Waals surface area contributed by atoms with Crippen molar-refractivity contribution in [3.63, 3.8) is 0 Å². The molecule has 0 saturated heterocycles. The van der Waals surface area contributed by atoms with Gasteiger partial charge in [-0.3, -0.25) is 4.79 Å².